The predicted octanol–water partition coefficient (Wildman–Crippen LogP) is 2.43. The van der Waals surface area contributed by atoms with Crippen LogP contribution in [0.3, 0.4) is 0 Å². The maximum atomic E-state index is 4.56. The van der Waals surface area contributed by atoms with E-state index >= 15 is 0 Å². The van der Waals surface area contributed by atoms with Crippen molar-refractivity contribution in [2.45, 2.75) is 51.6 Å². The van der Waals surface area contributed by atoms with Gasteiger partial charge >= 0.3 is 0 Å². The first-order valence-electron chi connectivity index (χ1n) is 7.13. The lowest BCUT2D eigenvalue weighted by Gasteiger charge is -2.19. The first kappa shape index (κ1) is 13.2. The van der Waals surface area contributed by atoms with E-state index in [-0.39, 0.29) is 5.54 Å². The van der Waals surface area contributed by atoms with Crippen LogP contribution in [0.4, 0.5) is 0 Å². The van der Waals surface area contributed by atoms with Gasteiger partial charge in [0.15, 0.2) is 5.82 Å². The summed E-state index contributed by atoms with van der Waals surface area (Å²) >= 11 is 0. The number of aromatic nitrogens is 4. The van der Waals surface area contributed by atoms with Gasteiger partial charge in [-0.25, -0.2) is 9.67 Å². The van der Waals surface area contributed by atoms with Gasteiger partial charge in [-0.05, 0) is 39.7 Å². The van der Waals surface area contributed by atoms with Crippen molar-refractivity contribution in [3.8, 4) is 5.82 Å². The largest absolute Gasteiger partial charge is 0.306 e. The molecule has 0 aromatic carbocycles. The molecule has 1 aliphatic carbocycles. The van der Waals surface area contributed by atoms with Crippen LogP contribution in [0.5, 0.6) is 0 Å². The molecule has 0 radical (unpaired) electrons. The zero-order valence-corrected chi connectivity index (χ0v) is 12.3. The molecule has 5 nitrogen and oxygen atoms in total. The molecule has 106 valence electrons. The number of nitrogens with zero attached hydrogens (tertiary/aromatic N) is 4. The quantitative estimate of drug-likeness (QED) is 0.928. The van der Waals surface area contributed by atoms with Gasteiger partial charge in [0.25, 0.3) is 0 Å². The third-order valence-corrected chi connectivity index (χ3v) is 3.33. The molecule has 0 amide bonds. The van der Waals surface area contributed by atoms with Crippen molar-refractivity contribution < 1.29 is 0 Å². The molecule has 0 unspecified atom stereocenters. The highest BCUT2D eigenvalue weighted by molar-refractivity contribution is 5.21. The molecule has 2 aromatic rings. The molecule has 0 bridgehead atoms. The fraction of sp³-hybridized carbons (Fsp3) is 0.533. The fourth-order valence-corrected chi connectivity index (χ4v) is 1.98. The topological polar surface area (TPSA) is 55.6 Å². The molecule has 0 atom stereocenters. The predicted molar refractivity (Wildman–Crippen MR) is 77.7 cm³/mol. The van der Waals surface area contributed by atoms with Gasteiger partial charge in [0.05, 0.1) is 23.8 Å². The van der Waals surface area contributed by atoms with Gasteiger partial charge in [0.1, 0.15) is 0 Å². The van der Waals surface area contributed by atoms with Crippen LogP contribution in [0.15, 0.2) is 24.7 Å². The minimum atomic E-state index is 0.0848. The van der Waals surface area contributed by atoms with Crippen molar-refractivity contribution in [1.82, 2.24) is 25.1 Å². The van der Waals surface area contributed by atoms with E-state index in [0.717, 1.165) is 18.1 Å². The Morgan fingerprint density at radius 1 is 1.25 bits per heavy atom. The lowest BCUT2D eigenvalue weighted by Crippen LogP contribution is -2.35. The first-order chi connectivity index (χ1) is 9.51. The Morgan fingerprint density at radius 2 is 2.05 bits per heavy atom. The number of rotatable bonds is 4. The summed E-state index contributed by atoms with van der Waals surface area (Å²) in [5.74, 6) is 1.44. The van der Waals surface area contributed by atoms with Crippen molar-refractivity contribution >= 4 is 0 Å². The van der Waals surface area contributed by atoms with Gasteiger partial charge in [0, 0.05) is 24.2 Å². The summed E-state index contributed by atoms with van der Waals surface area (Å²) < 4.78 is 1.81. The zero-order valence-electron chi connectivity index (χ0n) is 12.3. The maximum Gasteiger partial charge on any atom is 0.171 e. The molecule has 0 spiro atoms. The van der Waals surface area contributed by atoms with Crippen LogP contribution in [-0.2, 0) is 6.54 Å². The van der Waals surface area contributed by atoms with Gasteiger partial charge in [-0.3, -0.25) is 4.98 Å². The minimum absolute atomic E-state index is 0.0848. The van der Waals surface area contributed by atoms with E-state index in [0.29, 0.717) is 5.92 Å². The third-order valence-electron chi connectivity index (χ3n) is 3.33. The van der Waals surface area contributed by atoms with Crippen LogP contribution in [-0.4, -0.2) is 25.3 Å². The van der Waals surface area contributed by atoms with Gasteiger partial charge in [-0.15, -0.1) is 0 Å². The molecule has 20 heavy (non-hydrogen) atoms. The third kappa shape index (κ3) is 3.22. The second-order valence-corrected chi connectivity index (χ2v) is 6.43. The summed E-state index contributed by atoms with van der Waals surface area (Å²) in [6.07, 6.45) is 8.08. The number of hydrogen-bond donors (Lipinski definition) is 1. The SMILES string of the molecule is CC(C)(C)NCc1cnc(-n2ccc(C3CC3)n2)cn1. The lowest BCUT2D eigenvalue weighted by molar-refractivity contribution is 0.421. The summed E-state index contributed by atoms with van der Waals surface area (Å²) in [6.45, 7) is 7.14. The van der Waals surface area contributed by atoms with E-state index in [9.17, 15) is 0 Å². The monoisotopic (exact) mass is 271 g/mol. The first-order valence-corrected chi connectivity index (χ1v) is 7.13. The van der Waals surface area contributed by atoms with E-state index in [2.05, 4.69) is 47.2 Å². The summed E-state index contributed by atoms with van der Waals surface area (Å²) in [5.41, 5.74) is 2.20. The molecule has 0 aliphatic heterocycles. The van der Waals surface area contributed by atoms with Crippen molar-refractivity contribution in [2.24, 2.45) is 0 Å². The van der Waals surface area contributed by atoms with Crippen LogP contribution in [0.2, 0.25) is 0 Å². The molecular formula is C15H21N5. The highest BCUT2D eigenvalue weighted by Crippen LogP contribution is 2.38. The molecule has 1 fully saturated rings. The van der Waals surface area contributed by atoms with E-state index in [1.807, 2.05) is 17.1 Å². The Labute approximate surface area is 119 Å². The lowest BCUT2D eigenvalue weighted by atomic mass is 10.1. The Kier molecular flexibility index (Phi) is 3.30. The molecule has 2 heterocycles. The second kappa shape index (κ2) is 4.98. The Bertz CT molecular complexity index is 575. The second-order valence-electron chi connectivity index (χ2n) is 6.43. The van der Waals surface area contributed by atoms with Gasteiger partial charge in [-0.2, -0.15) is 5.10 Å². The highest BCUT2D eigenvalue weighted by Gasteiger charge is 2.25. The maximum absolute atomic E-state index is 4.56. The van der Waals surface area contributed by atoms with E-state index < -0.39 is 0 Å². The Balaban J connectivity index is 1.68. The molecule has 0 saturated heterocycles. The van der Waals surface area contributed by atoms with Gasteiger partial charge in [-0.1, -0.05) is 0 Å². The summed E-state index contributed by atoms with van der Waals surface area (Å²) in [6, 6.07) is 2.08. The highest BCUT2D eigenvalue weighted by atomic mass is 15.3. The van der Waals surface area contributed by atoms with Gasteiger partial charge < -0.3 is 5.32 Å². The molecular weight excluding hydrogens is 250 g/mol. The number of nitrogens with one attached hydrogen (secondary N) is 1. The zero-order chi connectivity index (χ0) is 14.2. The summed E-state index contributed by atoms with van der Waals surface area (Å²) in [7, 11) is 0. The molecule has 1 saturated carbocycles. The van der Waals surface area contributed by atoms with Crippen molar-refractivity contribution in [3.63, 3.8) is 0 Å². The molecule has 5 heteroatoms. The van der Waals surface area contributed by atoms with Crippen molar-refractivity contribution in [2.75, 3.05) is 0 Å². The van der Waals surface area contributed by atoms with E-state index in [1.54, 1.807) is 6.20 Å². The van der Waals surface area contributed by atoms with Crippen LogP contribution < -0.4 is 5.32 Å². The van der Waals surface area contributed by atoms with Crippen molar-refractivity contribution in [1.29, 1.82) is 0 Å². The molecule has 1 aliphatic rings. The fourth-order valence-electron chi connectivity index (χ4n) is 1.98. The van der Waals surface area contributed by atoms with Crippen LogP contribution >= 0.6 is 0 Å². The average molecular weight is 271 g/mol. The minimum Gasteiger partial charge on any atom is -0.306 e. The Morgan fingerprint density at radius 3 is 2.65 bits per heavy atom. The summed E-state index contributed by atoms with van der Waals surface area (Å²) in [4.78, 5) is 8.88. The van der Waals surface area contributed by atoms with Crippen LogP contribution in [0.25, 0.3) is 5.82 Å². The van der Waals surface area contributed by atoms with Crippen molar-refractivity contribution in [3.05, 3.63) is 36.0 Å². The molecule has 1 N–H and O–H groups in total. The van der Waals surface area contributed by atoms with E-state index in [1.165, 1.54) is 18.5 Å². The smallest absolute Gasteiger partial charge is 0.171 e. The summed E-state index contributed by atoms with van der Waals surface area (Å²) in [5, 5.41) is 7.96. The number of hydrogen-bond acceptors (Lipinski definition) is 4. The molecule has 2 aromatic heterocycles. The van der Waals surface area contributed by atoms with E-state index in [4.69, 9.17) is 0 Å². The Hall–Kier alpha value is -1.75. The van der Waals surface area contributed by atoms with Crippen LogP contribution in [0.1, 0.15) is 50.9 Å². The normalized spacial score (nSPS) is 15.6. The molecule has 3 rings (SSSR count). The average Bonchev–Trinajstić information content (AvgIpc) is 3.14. The van der Waals surface area contributed by atoms with Crippen LogP contribution in [0, 0.1) is 0 Å². The van der Waals surface area contributed by atoms with Gasteiger partial charge in [0.2, 0.25) is 0 Å². The standard InChI is InChI=1S/C15H21N5/c1-15(2,3)18-9-12-8-17-14(10-16-12)20-7-6-13(19-20)11-4-5-11/h6-8,10-11,18H,4-5,9H2,1-3H3.